The average Bonchev–Trinajstić information content (AvgIpc) is 3.59. The molecule has 4 aliphatic rings. The minimum Gasteiger partial charge on any atom is -0.381 e. The molecule has 4 atom stereocenters. The van der Waals surface area contributed by atoms with E-state index in [9.17, 15) is 0 Å². The highest BCUT2D eigenvalue weighted by Gasteiger charge is 2.46. The maximum atomic E-state index is 4.83. The third-order valence-corrected chi connectivity index (χ3v) is 10.2. The van der Waals surface area contributed by atoms with Crippen LogP contribution in [0.5, 0.6) is 0 Å². The van der Waals surface area contributed by atoms with Gasteiger partial charge in [-0.05, 0) is 22.8 Å². The van der Waals surface area contributed by atoms with Crippen LogP contribution in [0.1, 0.15) is 44.6 Å². The highest BCUT2D eigenvalue weighted by Crippen LogP contribution is 2.57. The fourth-order valence-corrected chi connectivity index (χ4v) is 8.54. The molecule has 2 N–H and O–H groups in total. The number of allylic oxidation sites excluding steroid dienone is 4. The molecule has 2 aliphatic heterocycles. The van der Waals surface area contributed by atoms with Crippen LogP contribution in [-0.2, 0) is 13.6 Å². The van der Waals surface area contributed by atoms with Gasteiger partial charge in [0.2, 0.25) is 0 Å². The lowest BCUT2D eigenvalue weighted by atomic mass is 9.60. The lowest BCUT2D eigenvalue weighted by molar-refractivity contribution is 0.355. The molecule has 0 amide bonds. The second-order valence-corrected chi connectivity index (χ2v) is 12.4. The van der Waals surface area contributed by atoms with Gasteiger partial charge in [-0.1, -0.05) is 86.5 Å². The van der Waals surface area contributed by atoms with Crippen LogP contribution in [0.25, 0.3) is 33.7 Å². The molecule has 0 spiro atoms. The number of fused-ring (bicyclic) bond motifs is 8. The number of hydrogen-bond acceptors (Lipinski definition) is 6. The lowest BCUT2D eigenvalue weighted by Gasteiger charge is -2.47. The van der Waals surface area contributed by atoms with E-state index in [-0.39, 0.29) is 23.7 Å². The number of rotatable bonds is 0. The summed E-state index contributed by atoms with van der Waals surface area (Å²) in [4.78, 5) is 2.47. The second-order valence-electron chi connectivity index (χ2n) is 12.4. The van der Waals surface area contributed by atoms with E-state index in [0.717, 1.165) is 52.7 Å². The van der Waals surface area contributed by atoms with Gasteiger partial charge in [-0.2, -0.15) is 15.4 Å². The van der Waals surface area contributed by atoms with E-state index in [1.165, 1.54) is 33.6 Å². The van der Waals surface area contributed by atoms with Gasteiger partial charge in [0.15, 0.2) is 0 Å². The van der Waals surface area contributed by atoms with E-state index in [1.54, 1.807) is 5.57 Å². The fourth-order valence-electron chi connectivity index (χ4n) is 8.54. The highest BCUT2D eigenvalue weighted by atomic mass is 15.4. The van der Waals surface area contributed by atoms with Crippen LogP contribution in [0, 0.1) is 23.7 Å². The first-order valence-corrected chi connectivity index (χ1v) is 15.0. The molecule has 8 rings (SSSR count). The number of aryl methyl sites for hydroxylation is 1. The zero-order valence-corrected chi connectivity index (χ0v) is 25.0. The minimum atomic E-state index is 0.171. The summed E-state index contributed by atoms with van der Waals surface area (Å²) in [5, 5.41) is 25.6. The normalized spacial score (nSPS) is 24.6. The molecule has 42 heavy (non-hydrogen) atoms. The molecule has 2 aliphatic carbocycles. The first kappa shape index (κ1) is 25.3. The third kappa shape index (κ3) is 3.29. The summed E-state index contributed by atoms with van der Waals surface area (Å²) in [5.41, 5.74) is 17.2. The van der Waals surface area contributed by atoms with E-state index in [1.807, 2.05) is 11.7 Å². The Morgan fingerprint density at radius 2 is 1.43 bits per heavy atom. The van der Waals surface area contributed by atoms with Crippen molar-refractivity contribution in [1.29, 1.82) is 0 Å². The third-order valence-electron chi connectivity index (χ3n) is 10.2. The van der Waals surface area contributed by atoms with Gasteiger partial charge in [0, 0.05) is 78.9 Å². The molecule has 2 aromatic carbocycles. The Morgan fingerprint density at radius 3 is 2.26 bits per heavy atom. The molecule has 212 valence electrons. The molecule has 4 heterocycles. The van der Waals surface area contributed by atoms with Gasteiger partial charge in [-0.25, -0.2) is 4.68 Å². The van der Waals surface area contributed by atoms with Crippen molar-refractivity contribution in [1.82, 2.24) is 35.3 Å². The van der Waals surface area contributed by atoms with Crippen molar-refractivity contribution in [3.8, 4) is 22.5 Å². The van der Waals surface area contributed by atoms with E-state index in [0.29, 0.717) is 0 Å². The van der Waals surface area contributed by atoms with Crippen LogP contribution in [0.3, 0.4) is 0 Å². The van der Waals surface area contributed by atoms with Crippen molar-refractivity contribution in [3.63, 3.8) is 0 Å². The summed E-state index contributed by atoms with van der Waals surface area (Å²) >= 11 is 0. The van der Waals surface area contributed by atoms with Crippen molar-refractivity contribution in [2.45, 2.75) is 34.2 Å². The van der Waals surface area contributed by atoms with Crippen LogP contribution in [0.4, 0.5) is 5.69 Å². The molecule has 4 aromatic rings. The van der Waals surface area contributed by atoms with Gasteiger partial charge in [0.05, 0.1) is 5.69 Å². The molecule has 8 nitrogen and oxygen atoms in total. The predicted octanol–water partition coefficient (Wildman–Crippen LogP) is 6.17. The van der Waals surface area contributed by atoms with Crippen LogP contribution in [0.2, 0.25) is 0 Å². The Balaban J connectivity index is 1.33. The molecule has 0 bridgehead atoms. The Kier molecular flexibility index (Phi) is 5.42. The van der Waals surface area contributed by atoms with Crippen LogP contribution in [0.15, 0.2) is 70.9 Å². The maximum absolute atomic E-state index is 4.83. The number of H-pyrrole nitrogens is 1. The summed E-state index contributed by atoms with van der Waals surface area (Å²) < 4.78 is 1.99. The van der Waals surface area contributed by atoms with Crippen molar-refractivity contribution in [2.24, 2.45) is 30.7 Å². The summed E-state index contributed by atoms with van der Waals surface area (Å²) in [6.07, 6.45) is 0. The minimum absolute atomic E-state index is 0.171. The van der Waals surface area contributed by atoms with E-state index < -0.39 is 0 Å². The standard InChI is InChI=1S/C34H36N8/c1-17-24-15-35-25-14-10-9-13-23(25)31-34(42(6)40-38-31)28(24)18(2)27-19(3)29-32-30(36-39-37-32)22-12-8-7-11-21(22)16-41(5)33(29)20(4)26(17)27/h7-14,17-20,35H,15-16H2,1-6H3,(H,36,37,39). The Labute approximate surface area is 246 Å². The largest absolute Gasteiger partial charge is 0.381 e. The number of para-hydroxylation sites is 1. The molecule has 2 aromatic heterocycles. The molecule has 4 unspecified atom stereocenters. The summed E-state index contributed by atoms with van der Waals surface area (Å²) in [7, 11) is 4.28. The molecular weight excluding hydrogens is 520 g/mol. The number of aromatic nitrogens is 6. The Bertz CT molecular complexity index is 1870. The van der Waals surface area contributed by atoms with Gasteiger partial charge < -0.3 is 10.2 Å². The molecule has 8 heteroatoms. The van der Waals surface area contributed by atoms with Gasteiger partial charge in [0.1, 0.15) is 17.1 Å². The number of anilines is 1. The Morgan fingerprint density at radius 1 is 0.738 bits per heavy atom. The monoisotopic (exact) mass is 556 g/mol. The zero-order chi connectivity index (χ0) is 28.9. The number of hydrogen-bond donors (Lipinski definition) is 2. The molecule has 0 saturated heterocycles. The van der Waals surface area contributed by atoms with E-state index >= 15 is 0 Å². The topological polar surface area (TPSA) is 87.5 Å². The summed E-state index contributed by atoms with van der Waals surface area (Å²) in [6.45, 7) is 11.2. The van der Waals surface area contributed by atoms with Crippen molar-refractivity contribution in [3.05, 3.63) is 87.9 Å². The average molecular weight is 557 g/mol. The fraction of sp³-hybridized carbons (Fsp3) is 0.353. The Hall–Kier alpha value is -4.46. The van der Waals surface area contributed by atoms with Crippen LogP contribution < -0.4 is 5.32 Å². The highest BCUT2D eigenvalue weighted by molar-refractivity contribution is 5.91. The number of benzene rings is 2. The van der Waals surface area contributed by atoms with Crippen molar-refractivity contribution < 1.29 is 0 Å². The van der Waals surface area contributed by atoms with Gasteiger partial charge in [-0.3, -0.25) is 0 Å². The summed E-state index contributed by atoms with van der Waals surface area (Å²) in [6, 6.07) is 17.1. The zero-order valence-electron chi connectivity index (χ0n) is 25.0. The molecule has 0 saturated carbocycles. The van der Waals surface area contributed by atoms with Gasteiger partial charge in [-0.15, -0.1) is 5.10 Å². The van der Waals surface area contributed by atoms with E-state index in [4.69, 9.17) is 15.3 Å². The number of aromatic amines is 1. The summed E-state index contributed by atoms with van der Waals surface area (Å²) in [5.74, 6) is 0.865. The molecule has 0 radical (unpaired) electrons. The number of nitrogens with zero attached hydrogens (tertiary/aromatic N) is 6. The van der Waals surface area contributed by atoms with Crippen molar-refractivity contribution in [2.75, 3.05) is 18.9 Å². The van der Waals surface area contributed by atoms with Crippen LogP contribution in [-0.4, -0.2) is 48.9 Å². The first-order chi connectivity index (χ1) is 20.4. The van der Waals surface area contributed by atoms with Gasteiger partial charge in [0.25, 0.3) is 0 Å². The van der Waals surface area contributed by atoms with Crippen molar-refractivity contribution >= 4 is 16.8 Å². The smallest absolute Gasteiger partial charge is 0.122 e. The maximum Gasteiger partial charge on any atom is 0.122 e. The van der Waals surface area contributed by atoms with Crippen LogP contribution >= 0.6 is 0 Å². The SMILES string of the molecule is CC1C2=C(c3c(nnn3C)-c3ccccc3NC2)C(C)C2=C1C(C)C1=C(c3n[nH]nc3-c3ccccc3CN1C)C2C. The molecule has 0 fully saturated rings. The quantitative estimate of drug-likeness (QED) is 0.252. The van der Waals surface area contributed by atoms with Gasteiger partial charge >= 0.3 is 0 Å². The van der Waals surface area contributed by atoms with E-state index in [2.05, 4.69) is 104 Å². The lowest BCUT2D eigenvalue weighted by Crippen LogP contribution is -2.38. The second kappa shape index (κ2) is 9.02. The molecular formula is C34H36N8. The first-order valence-electron chi connectivity index (χ1n) is 15.0. The number of nitrogens with one attached hydrogen (secondary N) is 2. The predicted molar refractivity (Wildman–Crippen MR) is 166 cm³/mol.